The Hall–Kier alpha value is -0.0400. The summed E-state index contributed by atoms with van der Waals surface area (Å²) in [5, 5.41) is 0. The van der Waals surface area contributed by atoms with Crippen LogP contribution in [0.2, 0.25) is 0 Å². The van der Waals surface area contributed by atoms with Gasteiger partial charge >= 0.3 is 0 Å². The molecule has 0 radical (unpaired) electrons. The zero-order valence-electron chi connectivity index (χ0n) is 15.8. The van der Waals surface area contributed by atoms with Crippen LogP contribution in [0.15, 0.2) is 0 Å². The first-order chi connectivity index (χ1) is 10.9. The standard InChI is InChI=1S/C21H43N/c1-3-5-7-8-9-10-11-12-13-15-19-22-20-16-14-18-21(22)17-6-4-2/h21H,3-20H2,1-2H3. The predicted octanol–water partition coefficient (Wildman–Crippen LogP) is 6.95. The maximum absolute atomic E-state index is 2.82. The van der Waals surface area contributed by atoms with Gasteiger partial charge in [-0.1, -0.05) is 90.9 Å². The van der Waals surface area contributed by atoms with Gasteiger partial charge in [-0.2, -0.15) is 0 Å². The lowest BCUT2D eigenvalue weighted by Gasteiger charge is -2.36. The van der Waals surface area contributed by atoms with Crippen molar-refractivity contribution in [2.45, 2.75) is 123 Å². The highest BCUT2D eigenvalue weighted by Crippen LogP contribution is 2.22. The molecule has 0 N–H and O–H groups in total. The van der Waals surface area contributed by atoms with Crippen molar-refractivity contribution in [2.24, 2.45) is 0 Å². The Labute approximate surface area is 141 Å². The van der Waals surface area contributed by atoms with Crippen LogP contribution in [0, 0.1) is 0 Å². The van der Waals surface area contributed by atoms with Gasteiger partial charge in [0.15, 0.2) is 0 Å². The maximum Gasteiger partial charge on any atom is 0.00952 e. The molecule has 0 aliphatic carbocycles. The van der Waals surface area contributed by atoms with Crippen molar-refractivity contribution in [3.8, 4) is 0 Å². The lowest BCUT2D eigenvalue weighted by molar-refractivity contribution is 0.135. The molecule has 0 aromatic rings. The summed E-state index contributed by atoms with van der Waals surface area (Å²) in [4.78, 5) is 2.82. The number of piperidine rings is 1. The number of unbranched alkanes of at least 4 members (excludes halogenated alkanes) is 10. The van der Waals surface area contributed by atoms with E-state index in [1.54, 1.807) is 0 Å². The smallest absolute Gasteiger partial charge is 0.00952 e. The van der Waals surface area contributed by atoms with Gasteiger partial charge in [0.05, 0.1) is 0 Å². The van der Waals surface area contributed by atoms with Crippen LogP contribution in [0.4, 0.5) is 0 Å². The Balaban J connectivity index is 1.94. The topological polar surface area (TPSA) is 3.24 Å². The molecular weight excluding hydrogens is 266 g/mol. The Morgan fingerprint density at radius 1 is 0.682 bits per heavy atom. The molecule has 0 aromatic carbocycles. The molecule has 1 aliphatic heterocycles. The van der Waals surface area contributed by atoms with Crippen LogP contribution >= 0.6 is 0 Å². The Morgan fingerprint density at radius 2 is 1.27 bits per heavy atom. The van der Waals surface area contributed by atoms with E-state index < -0.39 is 0 Å². The average molecular weight is 310 g/mol. The zero-order chi connectivity index (χ0) is 15.9. The van der Waals surface area contributed by atoms with E-state index in [2.05, 4.69) is 18.7 Å². The molecule has 1 nitrogen and oxygen atoms in total. The van der Waals surface area contributed by atoms with Gasteiger partial charge in [0.25, 0.3) is 0 Å². The predicted molar refractivity (Wildman–Crippen MR) is 101 cm³/mol. The van der Waals surface area contributed by atoms with E-state index in [0.29, 0.717) is 0 Å². The van der Waals surface area contributed by atoms with Gasteiger partial charge in [-0.25, -0.2) is 0 Å². The van der Waals surface area contributed by atoms with Crippen molar-refractivity contribution in [3.05, 3.63) is 0 Å². The van der Waals surface area contributed by atoms with Gasteiger partial charge < -0.3 is 4.90 Å². The molecule has 1 heteroatoms. The second-order valence-electron chi connectivity index (χ2n) is 7.51. The third-order valence-electron chi connectivity index (χ3n) is 5.44. The third-order valence-corrected chi connectivity index (χ3v) is 5.44. The minimum atomic E-state index is 0.923. The molecule has 1 aliphatic rings. The quantitative estimate of drug-likeness (QED) is 0.314. The molecule has 1 saturated heterocycles. The van der Waals surface area contributed by atoms with Crippen molar-refractivity contribution in [3.63, 3.8) is 0 Å². The van der Waals surface area contributed by atoms with Gasteiger partial charge in [0.2, 0.25) is 0 Å². The summed E-state index contributed by atoms with van der Waals surface area (Å²) in [6.45, 7) is 7.39. The first-order valence-electron chi connectivity index (χ1n) is 10.6. The zero-order valence-corrected chi connectivity index (χ0v) is 15.8. The summed E-state index contributed by atoms with van der Waals surface area (Å²) in [6.07, 6.45) is 23.2. The van der Waals surface area contributed by atoms with Gasteiger partial charge in [0.1, 0.15) is 0 Å². The number of hydrogen-bond acceptors (Lipinski definition) is 1. The van der Waals surface area contributed by atoms with E-state index in [4.69, 9.17) is 0 Å². The monoisotopic (exact) mass is 309 g/mol. The normalized spacial score (nSPS) is 19.6. The number of nitrogens with zero attached hydrogens (tertiary/aromatic N) is 1. The maximum atomic E-state index is 2.82. The van der Waals surface area contributed by atoms with Crippen LogP contribution in [0.1, 0.15) is 117 Å². The lowest BCUT2D eigenvalue weighted by Crippen LogP contribution is -2.40. The highest BCUT2D eigenvalue weighted by Gasteiger charge is 2.20. The van der Waals surface area contributed by atoms with Crippen LogP contribution in [0.25, 0.3) is 0 Å². The summed E-state index contributed by atoms with van der Waals surface area (Å²) in [6, 6.07) is 0.923. The Bertz CT molecular complexity index is 226. The van der Waals surface area contributed by atoms with Crippen LogP contribution in [0.3, 0.4) is 0 Å². The molecule has 1 atom stereocenters. The Morgan fingerprint density at radius 3 is 1.91 bits per heavy atom. The van der Waals surface area contributed by atoms with Crippen molar-refractivity contribution in [2.75, 3.05) is 13.1 Å². The van der Waals surface area contributed by atoms with Crippen LogP contribution < -0.4 is 0 Å². The molecule has 1 fully saturated rings. The molecule has 22 heavy (non-hydrogen) atoms. The second-order valence-corrected chi connectivity index (χ2v) is 7.51. The molecule has 0 bridgehead atoms. The van der Waals surface area contributed by atoms with Crippen molar-refractivity contribution in [1.82, 2.24) is 4.90 Å². The third kappa shape index (κ3) is 9.87. The van der Waals surface area contributed by atoms with Crippen molar-refractivity contribution < 1.29 is 0 Å². The van der Waals surface area contributed by atoms with E-state index >= 15 is 0 Å². The van der Waals surface area contributed by atoms with Gasteiger partial charge in [-0.05, 0) is 38.8 Å². The molecule has 132 valence electrons. The highest BCUT2D eigenvalue weighted by atomic mass is 15.2. The molecule has 1 heterocycles. The number of likely N-dealkylation sites (tertiary alicyclic amines) is 1. The van der Waals surface area contributed by atoms with Crippen molar-refractivity contribution >= 4 is 0 Å². The fourth-order valence-electron chi connectivity index (χ4n) is 3.92. The lowest BCUT2D eigenvalue weighted by atomic mass is 9.97. The minimum Gasteiger partial charge on any atom is -0.300 e. The van der Waals surface area contributed by atoms with Crippen molar-refractivity contribution in [1.29, 1.82) is 0 Å². The van der Waals surface area contributed by atoms with E-state index in [0.717, 1.165) is 6.04 Å². The molecule has 1 unspecified atom stereocenters. The van der Waals surface area contributed by atoms with E-state index in [-0.39, 0.29) is 0 Å². The number of rotatable bonds is 14. The molecule has 0 saturated carbocycles. The first-order valence-corrected chi connectivity index (χ1v) is 10.6. The van der Waals surface area contributed by atoms with E-state index in [9.17, 15) is 0 Å². The molecule has 0 spiro atoms. The minimum absolute atomic E-state index is 0.923. The summed E-state index contributed by atoms with van der Waals surface area (Å²) in [7, 11) is 0. The summed E-state index contributed by atoms with van der Waals surface area (Å²) < 4.78 is 0. The summed E-state index contributed by atoms with van der Waals surface area (Å²) in [5.74, 6) is 0. The van der Waals surface area contributed by atoms with Crippen LogP contribution in [-0.2, 0) is 0 Å². The fourth-order valence-corrected chi connectivity index (χ4v) is 3.92. The van der Waals surface area contributed by atoms with E-state index in [1.807, 2.05) is 0 Å². The highest BCUT2D eigenvalue weighted by molar-refractivity contribution is 4.76. The molecule has 1 rings (SSSR count). The van der Waals surface area contributed by atoms with Gasteiger partial charge in [-0.3, -0.25) is 0 Å². The SMILES string of the molecule is CCCCCCCCCCCCN1CCCCC1CCCC. The number of hydrogen-bond donors (Lipinski definition) is 0. The van der Waals surface area contributed by atoms with Gasteiger partial charge in [0, 0.05) is 6.04 Å². The molecule has 0 amide bonds. The average Bonchev–Trinajstić information content (AvgIpc) is 2.55. The molecule has 0 aromatic heterocycles. The Kier molecular flexibility index (Phi) is 13.2. The van der Waals surface area contributed by atoms with E-state index in [1.165, 1.54) is 116 Å². The first kappa shape index (κ1) is 20.0. The summed E-state index contributed by atoms with van der Waals surface area (Å²) >= 11 is 0. The van der Waals surface area contributed by atoms with Crippen LogP contribution in [0.5, 0.6) is 0 Å². The van der Waals surface area contributed by atoms with Gasteiger partial charge in [-0.15, -0.1) is 0 Å². The molecular formula is C21H43N. The largest absolute Gasteiger partial charge is 0.300 e. The summed E-state index contributed by atoms with van der Waals surface area (Å²) in [5.41, 5.74) is 0. The second kappa shape index (κ2) is 14.5. The fraction of sp³-hybridized carbons (Fsp3) is 1.00. The van der Waals surface area contributed by atoms with Crippen LogP contribution in [-0.4, -0.2) is 24.0 Å².